The summed E-state index contributed by atoms with van der Waals surface area (Å²) in [7, 11) is 5.84. The van der Waals surface area contributed by atoms with E-state index in [9.17, 15) is 0 Å². The monoisotopic (exact) mass is 264 g/mol. The summed E-state index contributed by atoms with van der Waals surface area (Å²) in [6.45, 7) is 11.1. The molecule has 2 heteroatoms. The van der Waals surface area contributed by atoms with E-state index in [0.29, 0.717) is 6.61 Å². The van der Waals surface area contributed by atoms with Gasteiger partial charge in [-0.1, -0.05) is 29.7 Å². The smallest absolute Gasteiger partial charge is 0.125 e. The third-order valence-electron chi connectivity index (χ3n) is 3.85. The van der Waals surface area contributed by atoms with Gasteiger partial charge in [-0.25, -0.2) is 0 Å². The molecule has 1 nitrogen and oxygen atoms in total. The van der Waals surface area contributed by atoms with Crippen molar-refractivity contribution in [2.24, 2.45) is 0 Å². The maximum absolute atomic E-state index is 6.00. The minimum Gasteiger partial charge on any atom is -0.488 e. The lowest BCUT2D eigenvalue weighted by atomic mass is 9.92. The van der Waals surface area contributed by atoms with Crippen molar-refractivity contribution in [1.82, 2.24) is 0 Å². The van der Waals surface area contributed by atoms with E-state index in [2.05, 4.69) is 32.9 Å². The second kappa shape index (κ2) is 5.74. The highest BCUT2D eigenvalue weighted by molar-refractivity contribution is 6.32. The topological polar surface area (TPSA) is 9.23 Å². The van der Waals surface area contributed by atoms with Gasteiger partial charge < -0.3 is 4.74 Å². The van der Waals surface area contributed by atoms with Gasteiger partial charge in [-0.15, -0.1) is 0 Å². The molecule has 2 rings (SSSR count). The van der Waals surface area contributed by atoms with Gasteiger partial charge in [-0.2, -0.15) is 0 Å². The molecule has 0 aliphatic carbocycles. The molecule has 0 spiro atoms. The van der Waals surface area contributed by atoms with Gasteiger partial charge in [0, 0.05) is 0 Å². The van der Waals surface area contributed by atoms with E-state index in [1.54, 1.807) is 0 Å². The fourth-order valence-corrected chi connectivity index (χ4v) is 2.58. The number of hydrogen-bond acceptors (Lipinski definition) is 1. The van der Waals surface area contributed by atoms with Crippen LogP contribution in [0.3, 0.4) is 0 Å². The summed E-state index contributed by atoms with van der Waals surface area (Å²) in [6.07, 6.45) is 0. The Morgan fingerprint density at radius 2 is 1.30 bits per heavy atom. The lowest BCUT2D eigenvalue weighted by Crippen LogP contribution is -2.07. The van der Waals surface area contributed by atoms with Crippen LogP contribution in [0.1, 0.15) is 33.4 Å². The van der Waals surface area contributed by atoms with Gasteiger partial charge in [0.05, 0.1) is 0 Å². The van der Waals surface area contributed by atoms with Crippen LogP contribution in [0, 0.1) is 34.6 Å². The Hall–Kier alpha value is -1.70. The molecule has 2 radical (unpaired) electrons. The SMILES string of the molecule is [B]c1cc(C)c(OCc2cc(C)c(C)c(C)c2)c(C)c1. The molecule has 0 fully saturated rings. The first-order valence-corrected chi connectivity index (χ1v) is 6.94. The Morgan fingerprint density at radius 3 is 1.80 bits per heavy atom. The summed E-state index contributed by atoms with van der Waals surface area (Å²) in [4.78, 5) is 0. The molecule has 2 aromatic carbocycles. The van der Waals surface area contributed by atoms with Gasteiger partial charge in [0.15, 0.2) is 0 Å². The zero-order chi connectivity index (χ0) is 14.9. The maximum atomic E-state index is 6.00. The normalized spacial score (nSPS) is 10.7. The van der Waals surface area contributed by atoms with Gasteiger partial charge in [0.25, 0.3) is 0 Å². The molecule has 0 N–H and O–H groups in total. The third kappa shape index (κ3) is 3.06. The molecule has 0 heterocycles. The zero-order valence-electron chi connectivity index (χ0n) is 13.0. The van der Waals surface area contributed by atoms with E-state index in [0.717, 1.165) is 22.3 Å². The van der Waals surface area contributed by atoms with Crippen LogP contribution in [0.25, 0.3) is 0 Å². The van der Waals surface area contributed by atoms with E-state index in [4.69, 9.17) is 12.6 Å². The van der Waals surface area contributed by atoms with Crippen LogP contribution in [0.4, 0.5) is 0 Å². The van der Waals surface area contributed by atoms with Crippen molar-refractivity contribution in [2.45, 2.75) is 41.2 Å². The van der Waals surface area contributed by atoms with Crippen molar-refractivity contribution in [3.8, 4) is 5.75 Å². The van der Waals surface area contributed by atoms with Crippen molar-refractivity contribution in [3.63, 3.8) is 0 Å². The highest BCUT2D eigenvalue weighted by Crippen LogP contribution is 2.23. The van der Waals surface area contributed by atoms with Crippen molar-refractivity contribution >= 4 is 13.3 Å². The fourth-order valence-electron chi connectivity index (χ4n) is 2.58. The minimum absolute atomic E-state index is 0.591. The van der Waals surface area contributed by atoms with Crippen LogP contribution >= 0.6 is 0 Å². The van der Waals surface area contributed by atoms with E-state index in [-0.39, 0.29) is 0 Å². The molecule has 0 atom stereocenters. The quantitative estimate of drug-likeness (QED) is 0.769. The summed E-state index contributed by atoms with van der Waals surface area (Å²) in [5, 5.41) is 0. The van der Waals surface area contributed by atoms with Crippen LogP contribution in [0.5, 0.6) is 5.75 Å². The fraction of sp³-hybridized carbons (Fsp3) is 0.333. The van der Waals surface area contributed by atoms with Crippen LogP contribution in [-0.4, -0.2) is 7.85 Å². The van der Waals surface area contributed by atoms with E-state index < -0.39 is 0 Å². The molecule has 0 unspecified atom stereocenters. The summed E-state index contributed by atoms with van der Waals surface area (Å²) >= 11 is 0. The summed E-state index contributed by atoms with van der Waals surface area (Å²) in [5.74, 6) is 0.940. The number of rotatable bonds is 3. The van der Waals surface area contributed by atoms with Crippen LogP contribution in [-0.2, 0) is 6.61 Å². The van der Waals surface area contributed by atoms with Crippen molar-refractivity contribution in [3.05, 3.63) is 57.6 Å². The van der Waals surface area contributed by atoms with Gasteiger partial charge in [0.2, 0.25) is 0 Å². The van der Waals surface area contributed by atoms with Gasteiger partial charge in [0.1, 0.15) is 20.2 Å². The highest BCUT2D eigenvalue weighted by Gasteiger charge is 2.06. The first-order chi connectivity index (χ1) is 9.38. The standard InChI is InChI=1S/C18H21BO/c1-11-6-16(7-12(2)15(11)5)10-20-18-13(3)8-17(19)9-14(18)4/h6-9H,10H2,1-5H3. The Morgan fingerprint density at radius 1 is 0.800 bits per heavy atom. The largest absolute Gasteiger partial charge is 0.488 e. The molecule has 102 valence electrons. The molecular formula is C18H21BO. The Bertz CT molecular complexity index is 598. The first-order valence-electron chi connectivity index (χ1n) is 6.94. The van der Waals surface area contributed by atoms with Crippen molar-refractivity contribution < 1.29 is 4.74 Å². The number of ether oxygens (including phenoxy) is 1. The van der Waals surface area contributed by atoms with Gasteiger partial charge in [-0.05, 0) is 68.0 Å². The lowest BCUT2D eigenvalue weighted by Gasteiger charge is -2.15. The molecule has 0 saturated carbocycles. The van der Waals surface area contributed by atoms with E-state index in [1.807, 2.05) is 26.0 Å². The minimum atomic E-state index is 0.591. The number of hydrogen-bond donors (Lipinski definition) is 0. The second-order valence-electron chi connectivity index (χ2n) is 5.63. The summed E-state index contributed by atoms with van der Waals surface area (Å²) in [5.41, 5.74) is 8.15. The molecule has 0 saturated heterocycles. The molecule has 0 amide bonds. The predicted molar refractivity (Wildman–Crippen MR) is 86.3 cm³/mol. The first kappa shape index (κ1) is 14.7. The average molecular weight is 264 g/mol. The Kier molecular flexibility index (Phi) is 4.22. The highest BCUT2D eigenvalue weighted by atomic mass is 16.5. The second-order valence-corrected chi connectivity index (χ2v) is 5.63. The molecule has 0 aliphatic heterocycles. The predicted octanol–water partition coefficient (Wildman–Crippen LogP) is 3.60. The maximum Gasteiger partial charge on any atom is 0.125 e. The number of benzene rings is 2. The summed E-state index contributed by atoms with van der Waals surface area (Å²) < 4.78 is 6.00. The molecule has 0 aliphatic rings. The van der Waals surface area contributed by atoms with Gasteiger partial charge in [-0.3, -0.25) is 0 Å². The molecule has 0 bridgehead atoms. The number of aryl methyl sites for hydroxylation is 4. The van der Waals surface area contributed by atoms with Crippen LogP contribution < -0.4 is 10.2 Å². The van der Waals surface area contributed by atoms with E-state index >= 15 is 0 Å². The van der Waals surface area contributed by atoms with Crippen molar-refractivity contribution in [1.29, 1.82) is 0 Å². The van der Waals surface area contributed by atoms with Crippen LogP contribution in [0.2, 0.25) is 0 Å². The lowest BCUT2D eigenvalue weighted by molar-refractivity contribution is 0.302. The van der Waals surface area contributed by atoms with Gasteiger partial charge >= 0.3 is 0 Å². The Labute approximate surface area is 123 Å². The molecule has 2 aromatic rings. The van der Waals surface area contributed by atoms with Crippen molar-refractivity contribution in [2.75, 3.05) is 0 Å². The zero-order valence-corrected chi connectivity index (χ0v) is 13.0. The summed E-state index contributed by atoms with van der Waals surface area (Å²) in [6, 6.07) is 8.30. The van der Waals surface area contributed by atoms with E-state index in [1.165, 1.54) is 22.3 Å². The Balaban J connectivity index is 2.21. The van der Waals surface area contributed by atoms with Crippen LogP contribution in [0.15, 0.2) is 24.3 Å². The molecular weight excluding hydrogens is 243 g/mol. The average Bonchev–Trinajstić information content (AvgIpc) is 2.34. The third-order valence-corrected chi connectivity index (χ3v) is 3.85. The molecule has 0 aromatic heterocycles. The molecule has 20 heavy (non-hydrogen) atoms.